The van der Waals surface area contributed by atoms with Gasteiger partial charge in [-0.1, -0.05) is 18.2 Å². The first kappa shape index (κ1) is 7.71. The summed E-state index contributed by atoms with van der Waals surface area (Å²) in [7, 11) is 0. The molecule has 3 heteroatoms. The summed E-state index contributed by atoms with van der Waals surface area (Å²) < 4.78 is 0. The highest BCUT2D eigenvalue weighted by molar-refractivity contribution is 7.80. The van der Waals surface area contributed by atoms with E-state index in [9.17, 15) is 0 Å². The predicted octanol–water partition coefficient (Wildman–Crippen LogP) is 2.05. The van der Waals surface area contributed by atoms with Crippen LogP contribution in [0.1, 0.15) is 10.9 Å². The van der Waals surface area contributed by atoms with Crippen LogP contribution in [-0.2, 0) is 0 Å². The van der Waals surface area contributed by atoms with Gasteiger partial charge in [0, 0.05) is 22.7 Å². The maximum atomic E-state index is 5.67. The number of aromatic amines is 1. The molecule has 1 heterocycles. The van der Waals surface area contributed by atoms with E-state index in [-0.39, 0.29) is 5.37 Å². The molecule has 2 nitrogen and oxygen atoms in total. The highest BCUT2D eigenvalue weighted by atomic mass is 32.1. The molecule has 0 bridgehead atoms. The topological polar surface area (TPSA) is 41.8 Å². The van der Waals surface area contributed by atoms with Crippen molar-refractivity contribution in [3.05, 3.63) is 36.0 Å². The van der Waals surface area contributed by atoms with Gasteiger partial charge in [-0.15, -0.1) is 0 Å². The van der Waals surface area contributed by atoms with E-state index in [0.29, 0.717) is 0 Å². The summed E-state index contributed by atoms with van der Waals surface area (Å²) in [5.41, 5.74) is 7.83. The lowest BCUT2D eigenvalue weighted by Crippen LogP contribution is -2.00. The summed E-state index contributed by atoms with van der Waals surface area (Å²) >= 11 is 4.19. The van der Waals surface area contributed by atoms with Crippen LogP contribution >= 0.6 is 12.6 Å². The molecule has 0 saturated heterocycles. The Morgan fingerprint density at radius 3 is 2.83 bits per heavy atom. The summed E-state index contributed by atoms with van der Waals surface area (Å²) in [6.45, 7) is 0. The van der Waals surface area contributed by atoms with E-state index in [1.54, 1.807) is 0 Å². The zero-order valence-corrected chi connectivity index (χ0v) is 7.38. The third-order valence-electron chi connectivity index (χ3n) is 1.94. The highest BCUT2D eigenvalue weighted by Gasteiger charge is 2.05. The second-order valence-corrected chi connectivity index (χ2v) is 3.29. The van der Waals surface area contributed by atoms with Crippen molar-refractivity contribution in [2.45, 2.75) is 5.37 Å². The molecule has 0 aliphatic heterocycles. The van der Waals surface area contributed by atoms with Crippen molar-refractivity contribution < 1.29 is 0 Å². The van der Waals surface area contributed by atoms with Gasteiger partial charge in [-0.25, -0.2) is 0 Å². The van der Waals surface area contributed by atoms with E-state index in [2.05, 4.69) is 17.6 Å². The molecule has 0 aliphatic rings. The maximum absolute atomic E-state index is 5.67. The molecule has 1 unspecified atom stereocenters. The van der Waals surface area contributed by atoms with Crippen molar-refractivity contribution in [1.29, 1.82) is 0 Å². The van der Waals surface area contributed by atoms with Gasteiger partial charge in [-0.2, -0.15) is 12.6 Å². The Hall–Kier alpha value is -0.930. The van der Waals surface area contributed by atoms with Crippen LogP contribution in [0.2, 0.25) is 0 Å². The van der Waals surface area contributed by atoms with Crippen LogP contribution in [0.25, 0.3) is 10.9 Å². The summed E-state index contributed by atoms with van der Waals surface area (Å²) in [4.78, 5) is 3.14. The maximum Gasteiger partial charge on any atom is 0.0755 e. The fourth-order valence-corrected chi connectivity index (χ4v) is 1.55. The van der Waals surface area contributed by atoms with E-state index >= 15 is 0 Å². The normalized spacial score (nSPS) is 13.5. The Bertz CT molecular complexity index is 392. The molecule has 0 fully saturated rings. The van der Waals surface area contributed by atoms with Gasteiger partial charge in [0.15, 0.2) is 0 Å². The number of hydrogen-bond donors (Lipinski definition) is 3. The fourth-order valence-electron chi connectivity index (χ4n) is 1.34. The first-order valence-electron chi connectivity index (χ1n) is 3.78. The summed E-state index contributed by atoms with van der Waals surface area (Å²) in [6, 6.07) is 8.05. The van der Waals surface area contributed by atoms with Crippen LogP contribution in [-0.4, -0.2) is 4.98 Å². The van der Waals surface area contributed by atoms with Gasteiger partial charge < -0.3 is 10.7 Å². The fraction of sp³-hybridized carbons (Fsp3) is 0.111. The van der Waals surface area contributed by atoms with Gasteiger partial charge in [0.05, 0.1) is 5.37 Å². The van der Waals surface area contributed by atoms with Crippen LogP contribution in [0.15, 0.2) is 30.5 Å². The van der Waals surface area contributed by atoms with Crippen LogP contribution in [0.5, 0.6) is 0 Å². The van der Waals surface area contributed by atoms with Crippen LogP contribution in [0.4, 0.5) is 0 Å². The molecule has 0 amide bonds. The smallest absolute Gasteiger partial charge is 0.0755 e. The molecule has 0 radical (unpaired) electrons. The number of rotatable bonds is 1. The molecule has 3 N–H and O–H groups in total. The zero-order valence-electron chi connectivity index (χ0n) is 6.49. The summed E-state index contributed by atoms with van der Waals surface area (Å²) in [5.74, 6) is 0. The molecule has 1 aromatic heterocycles. The lowest BCUT2D eigenvalue weighted by atomic mass is 10.2. The van der Waals surface area contributed by atoms with Crippen molar-refractivity contribution in [3.63, 3.8) is 0 Å². The van der Waals surface area contributed by atoms with E-state index in [1.807, 2.05) is 30.5 Å². The van der Waals surface area contributed by atoms with Gasteiger partial charge in [0.25, 0.3) is 0 Å². The number of hydrogen-bond acceptors (Lipinski definition) is 2. The van der Waals surface area contributed by atoms with Crippen molar-refractivity contribution in [2.24, 2.45) is 5.73 Å². The van der Waals surface area contributed by atoms with Gasteiger partial charge in [-0.3, -0.25) is 0 Å². The molecule has 1 aromatic carbocycles. The van der Waals surface area contributed by atoms with Crippen molar-refractivity contribution in [3.8, 4) is 0 Å². The second-order valence-electron chi connectivity index (χ2n) is 2.73. The molecule has 0 aliphatic carbocycles. The van der Waals surface area contributed by atoms with Gasteiger partial charge in [0.1, 0.15) is 0 Å². The lowest BCUT2D eigenvalue weighted by Gasteiger charge is -2.00. The molecule has 1 atom stereocenters. The zero-order chi connectivity index (χ0) is 8.55. The standard InChI is InChI=1S/C9H10N2S/c10-9(12)7-5-11-8-4-2-1-3-6(7)8/h1-5,9,11-12H,10H2. The quantitative estimate of drug-likeness (QED) is 0.454. The average Bonchev–Trinajstić information content (AvgIpc) is 2.47. The van der Waals surface area contributed by atoms with Crippen LogP contribution in [0.3, 0.4) is 0 Å². The molecular weight excluding hydrogens is 168 g/mol. The SMILES string of the molecule is NC(S)c1c[nH]c2ccccc12. The molecule has 0 saturated carbocycles. The number of H-pyrrole nitrogens is 1. The Labute approximate surface area is 76.2 Å². The largest absolute Gasteiger partial charge is 0.361 e. The molecule has 62 valence electrons. The van der Waals surface area contributed by atoms with Crippen LogP contribution in [0, 0.1) is 0 Å². The first-order chi connectivity index (χ1) is 5.79. The van der Waals surface area contributed by atoms with Crippen molar-refractivity contribution in [1.82, 2.24) is 4.98 Å². The number of para-hydroxylation sites is 1. The average molecular weight is 178 g/mol. The Kier molecular flexibility index (Phi) is 1.83. The Morgan fingerprint density at radius 1 is 1.33 bits per heavy atom. The number of aromatic nitrogens is 1. The number of fused-ring (bicyclic) bond motifs is 1. The summed E-state index contributed by atoms with van der Waals surface area (Å²) in [6.07, 6.45) is 1.91. The highest BCUT2D eigenvalue weighted by Crippen LogP contribution is 2.23. The number of benzene rings is 1. The molecule has 0 spiro atoms. The third-order valence-corrected chi connectivity index (χ3v) is 2.22. The van der Waals surface area contributed by atoms with E-state index in [4.69, 9.17) is 5.73 Å². The van der Waals surface area contributed by atoms with Crippen molar-refractivity contribution >= 4 is 23.5 Å². The Balaban J connectivity index is 2.70. The number of nitrogens with one attached hydrogen (secondary N) is 1. The van der Waals surface area contributed by atoms with Crippen LogP contribution < -0.4 is 5.73 Å². The minimum absolute atomic E-state index is 0.207. The monoisotopic (exact) mass is 178 g/mol. The molecular formula is C9H10N2S. The number of nitrogens with two attached hydrogens (primary N) is 1. The summed E-state index contributed by atoms with van der Waals surface area (Å²) in [5, 5.41) is 0.946. The molecule has 2 aromatic rings. The van der Waals surface area contributed by atoms with Crippen molar-refractivity contribution in [2.75, 3.05) is 0 Å². The Morgan fingerprint density at radius 2 is 2.08 bits per heavy atom. The van der Waals surface area contributed by atoms with E-state index < -0.39 is 0 Å². The van der Waals surface area contributed by atoms with E-state index in [1.165, 1.54) is 0 Å². The molecule has 2 rings (SSSR count). The lowest BCUT2D eigenvalue weighted by molar-refractivity contribution is 1.06. The number of thiol groups is 1. The van der Waals surface area contributed by atoms with Gasteiger partial charge in [0.2, 0.25) is 0 Å². The third kappa shape index (κ3) is 1.11. The van der Waals surface area contributed by atoms with Gasteiger partial charge in [-0.05, 0) is 6.07 Å². The van der Waals surface area contributed by atoms with Gasteiger partial charge >= 0.3 is 0 Å². The minimum atomic E-state index is -0.207. The van der Waals surface area contributed by atoms with E-state index in [0.717, 1.165) is 16.5 Å². The first-order valence-corrected chi connectivity index (χ1v) is 4.30. The molecule has 12 heavy (non-hydrogen) atoms. The second kappa shape index (κ2) is 2.84. The predicted molar refractivity (Wildman–Crippen MR) is 54.2 cm³/mol. The minimum Gasteiger partial charge on any atom is -0.361 e.